The van der Waals surface area contributed by atoms with E-state index in [4.69, 9.17) is 9.15 Å². The smallest absolute Gasteiger partial charge is 0.327 e. The molecule has 0 aliphatic carbocycles. The Kier molecular flexibility index (Phi) is 4.74. The van der Waals surface area contributed by atoms with Crippen molar-refractivity contribution in [3.05, 3.63) is 11.5 Å². The first kappa shape index (κ1) is 13.8. The lowest BCUT2D eigenvalue weighted by atomic mass is 10.3. The maximum absolute atomic E-state index is 11.5. The molecule has 0 aliphatic heterocycles. The Morgan fingerprint density at radius 2 is 2.12 bits per heavy atom. The van der Waals surface area contributed by atoms with Crippen molar-refractivity contribution in [2.45, 2.75) is 38.2 Å². The number of carbonyl (C=O) groups is 2. The molecule has 0 saturated carbocycles. The minimum absolute atomic E-state index is 0.243. The first-order valence-electron chi connectivity index (χ1n) is 5.23. The molecule has 0 aromatic carbocycles. The number of esters is 1. The molecular formula is C11H15NO4S. The lowest BCUT2D eigenvalue weighted by Gasteiger charge is -2.09. The van der Waals surface area contributed by atoms with E-state index in [0.717, 1.165) is 17.5 Å². The van der Waals surface area contributed by atoms with Crippen LogP contribution in [0.1, 0.15) is 25.3 Å². The van der Waals surface area contributed by atoms with Gasteiger partial charge in [-0.3, -0.25) is 9.59 Å². The molecule has 0 amide bonds. The van der Waals surface area contributed by atoms with Gasteiger partial charge in [-0.25, -0.2) is 4.98 Å². The van der Waals surface area contributed by atoms with Gasteiger partial charge in [-0.1, -0.05) is 0 Å². The van der Waals surface area contributed by atoms with Gasteiger partial charge < -0.3 is 9.15 Å². The molecule has 1 rings (SSSR count). The Morgan fingerprint density at radius 1 is 1.47 bits per heavy atom. The van der Waals surface area contributed by atoms with E-state index in [1.807, 2.05) is 0 Å². The monoisotopic (exact) mass is 257 g/mol. The van der Waals surface area contributed by atoms with Gasteiger partial charge in [-0.2, -0.15) is 0 Å². The second kappa shape index (κ2) is 5.86. The van der Waals surface area contributed by atoms with E-state index in [1.165, 1.54) is 6.92 Å². The third kappa shape index (κ3) is 3.59. The maximum atomic E-state index is 11.5. The summed E-state index contributed by atoms with van der Waals surface area (Å²) in [5, 5.41) is -0.597. The van der Waals surface area contributed by atoms with Crippen LogP contribution in [0.5, 0.6) is 0 Å². The fraction of sp³-hybridized carbons (Fsp3) is 0.545. The molecule has 0 radical (unpaired) electrons. The van der Waals surface area contributed by atoms with Crippen molar-refractivity contribution in [3.8, 4) is 0 Å². The lowest BCUT2D eigenvalue weighted by molar-refractivity contribution is -0.144. The zero-order chi connectivity index (χ0) is 13.0. The van der Waals surface area contributed by atoms with E-state index < -0.39 is 11.2 Å². The van der Waals surface area contributed by atoms with Crippen molar-refractivity contribution in [2.75, 3.05) is 6.61 Å². The standard InChI is InChI=1S/C11H15NO4S/c1-5-15-10(14)9(7(3)13)17-11-12-6(2)8(4)16-11/h9H,5H2,1-4H3. The Hall–Kier alpha value is -1.30. The van der Waals surface area contributed by atoms with Crippen LogP contribution < -0.4 is 0 Å². The molecule has 0 aliphatic rings. The zero-order valence-corrected chi connectivity index (χ0v) is 11.1. The van der Waals surface area contributed by atoms with Crippen molar-refractivity contribution in [1.29, 1.82) is 0 Å². The third-order valence-electron chi connectivity index (χ3n) is 2.10. The van der Waals surface area contributed by atoms with Gasteiger partial charge in [0.25, 0.3) is 5.22 Å². The van der Waals surface area contributed by atoms with E-state index in [-0.39, 0.29) is 12.4 Å². The van der Waals surface area contributed by atoms with E-state index >= 15 is 0 Å². The van der Waals surface area contributed by atoms with Crippen molar-refractivity contribution in [1.82, 2.24) is 4.98 Å². The number of aromatic nitrogens is 1. The summed E-state index contributed by atoms with van der Waals surface area (Å²) >= 11 is 0.978. The predicted molar refractivity (Wildman–Crippen MR) is 62.9 cm³/mol. The second-order valence-electron chi connectivity index (χ2n) is 3.48. The van der Waals surface area contributed by atoms with Crippen LogP contribution in [-0.4, -0.2) is 28.6 Å². The number of carbonyl (C=O) groups excluding carboxylic acids is 2. The first-order chi connectivity index (χ1) is 7.95. The normalized spacial score (nSPS) is 12.2. The average molecular weight is 257 g/mol. The summed E-state index contributed by atoms with van der Waals surface area (Å²) in [6.07, 6.45) is 0. The van der Waals surface area contributed by atoms with Crippen LogP contribution in [0.15, 0.2) is 9.64 Å². The number of nitrogens with zero attached hydrogens (tertiary/aromatic N) is 1. The van der Waals surface area contributed by atoms with Gasteiger partial charge in [0.15, 0.2) is 11.0 Å². The molecule has 0 saturated heterocycles. The van der Waals surface area contributed by atoms with Crippen LogP contribution in [0.25, 0.3) is 0 Å². The highest BCUT2D eigenvalue weighted by atomic mass is 32.2. The van der Waals surface area contributed by atoms with Gasteiger partial charge in [-0.15, -0.1) is 0 Å². The van der Waals surface area contributed by atoms with Crippen LogP contribution in [0.3, 0.4) is 0 Å². The Bertz CT molecular complexity index is 408. The molecular weight excluding hydrogens is 242 g/mol. The van der Waals surface area contributed by atoms with Crippen molar-refractivity contribution >= 4 is 23.5 Å². The van der Waals surface area contributed by atoms with Gasteiger partial charge >= 0.3 is 5.97 Å². The fourth-order valence-electron chi connectivity index (χ4n) is 1.11. The molecule has 1 heterocycles. The van der Waals surface area contributed by atoms with Gasteiger partial charge in [0.05, 0.1) is 12.3 Å². The van der Waals surface area contributed by atoms with Gasteiger partial charge in [0.1, 0.15) is 5.76 Å². The molecule has 17 heavy (non-hydrogen) atoms. The van der Waals surface area contributed by atoms with Crippen LogP contribution in [0, 0.1) is 13.8 Å². The van der Waals surface area contributed by atoms with Crippen LogP contribution in [0.4, 0.5) is 0 Å². The fourth-order valence-corrected chi connectivity index (χ4v) is 2.00. The van der Waals surface area contributed by atoms with Crippen molar-refractivity contribution in [3.63, 3.8) is 0 Å². The minimum atomic E-state index is -0.910. The molecule has 0 N–H and O–H groups in total. The van der Waals surface area contributed by atoms with Gasteiger partial charge in [0, 0.05) is 0 Å². The molecule has 1 aromatic heterocycles. The molecule has 1 aromatic rings. The molecule has 0 bridgehead atoms. The van der Waals surface area contributed by atoms with Crippen LogP contribution in [-0.2, 0) is 14.3 Å². The number of oxazole rings is 1. The highest BCUT2D eigenvalue weighted by Gasteiger charge is 2.28. The molecule has 5 nitrogen and oxygen atoms in total. The SMILES string of the molecule is CCOC(=O)C(Sc1nc(C)c(C)o1)C(C)=O. The van der Waals surface area contributed by atoms with Crippen molar-refractivity contribution in [2.24, 2.45) is 0 Å². The predicted octanol–water partition coefficient (Wildman–Crippen LogP) is 1.90. The number of ether oxygens (including phenoxy) is 1. The highest BCUT2D eigenvalue weighted by molar-refractivity contribution is 8.01. The summed E-state index contributed by atoms with van der Waals surface area (Å²) in [7, 11) is 0. The number of hydrogen-bond acceptors (Lipinski definition) is 6. The number of Topliss-reactive ketones (excluding diaryl/α,β-unsaturated/α-hetero) is 1. The zero-order valence-electron chi connectivity index (χ0n) is 10.3. The highest BCUT2D eigenvalue weighted by Crippen LogP contribution is 2.26. The summed E-state index contributed by atoms with van der Waals surface area (Å²) in [5.41, 5.74) is 0.749. The quantitative estimate of drug-likeness (QED) is 0.456. The lowest BCUT2D eigenvalue weighted by Crippen LogP contribution is -2.27. The first-order valence-corrected chi connectivity index (χ1v) is 6.11. The van der Waals surface area contributed by atoms with E-state index in [0.29, 0.717) is 11.0 Å². The Balaban J connectivity index is 2.80. The third-order valence-corrected chi connectivity index (χ3v) is 3.23. The molecule has 0 fully saturated rings. The Labute approximate surface area is 104 Å². The number of ketones is 1. The van der Waals surface area contributed by atoms with Crippen molar-refractivity contribution < 1.29 is 18.7 Å². The number of aryl methyl sites for hydroxylation is 2. The van der Waals surface area contributed by atoms with Crippen LogP contribution in [0.2, 0.25) is 0 Å². The average Bonchev–Trinajstić information content (AvgIpc) is 2.54. The maximum Gasteiger partial charge on any atom is 0.327 e. The molecule has 94 valence electrons. The largest absolute Gasteiger partial charge is 0.465 e. The molecule has 1 unspecified atom stereocenters. The Morgan fingerprint density at radius 3 is 2.53 bits per heavy atom. The van der Waals surface area contributed by atoms with Gasteiger partial charge in [-0.05, 0) is 39.5 Å². The number of hydrogen-bond donors (Lipinski definition) is 0. The summed E-state index contributed by atoms with van der Waals surface area (Å²) in [6, 6.07) is 0. The van der Waals surface area contributed by atoms with E-state index in [2.05, 4.69) is 4.98 Å². The summed E-state index contributed by atoms with van der Waals surface area (Å²) in [4.78, 5) is 27.0. The van der Waals surface area contributed by atoms with Gasteiger partial charge in [0.2, 0.25) is 0 Å². The molecule has 1 atom stereocenters. The minimum Gasteiger partial charge on any atom is -0.465 e. The topological polar surface area (TPSA) is 69.4 Å². The number of thioether (sulfide) groups is 1. The summed E-state index contributed by atoms with van der Waals surface area (Å²) in [6.45, 7) is 6.86. The van der Waals surface area contributed by atoms with E-state index in [9.17, 15) is 9.59 Å². The molecule has 6 heteroatoms. The van der Waals surface area contributed by atoms with E-state index in [1.54, 1.807) is 20.8 Å². The second-order valence-corrected chi connectivity index (χ2v) is 4.54. The number of rotatable bonds is 5. The summed E-state index contributed by atoms with van der Waals surface area (Å²) < 4.78 is 10.1. The van der Waals surface area contributed by atoms with Crippen LogP contribution >= 0.6 is 11.8 Å². The molecule has 0 spiro atoms. The summed E-state index contributed by atoms with van der Waals surface area (Å²) in [5.74, 6) is -0.154.